The molecule has 6 heteroatoms. The van der Waals surface area contributed by atoms with E-state index in [9.17, 15) is 10.1 Å². The van der Waals surface area contributed by atoms with Crippen LogP contribution in [0.1, 0.15) is 26.7 Å². The van der Waals surface area contributed by atoms with Crippen molar-refractivity contribution in [2.24, 2.45) is 0 Å². The van der Waals surface area contributed by atoms with Gasteiger partial charge >= 0.3 is 5.69 Å². The van der Waals surface area contributed by atoms with Crippen molar-refractivity contribution in [3.8, 4) is 5.75 Å². The maximum Gasteiger partial charge on any atom is 0.311 e. The molecular weight excluding hydrogens is 282 g/mol. The molecule has 1 aliphatic heterocycles. The van der Waals surface area contributed by atoms with Crippen molar-refractivity contribution < 1.29 is 9.66 Å². The number of nitro groups is 1. The molecule has 0 N–H and O–H groups in total. The fourth-order valence-electron chi connectivity index (χ4n) is 3.04. The average Bonchev–Trinajstić information content (AvgIpc) is 2.53. The minimum absolute atomic E-state index is 0.00859. The summed E-state index contributed by atoms with van der Waals surface area (Å²) in [4.78, 5) is 15.3. The number of likely N-dealkylation sites (tertiary alicyclic amines) is 1. The van der Waals surface area contributed by atoms with Crippen molar-refractivity contribution in [1.82, 2.24) is 4.90 Å². The summed E-state index contributed by atoms with van der Waals surface area (Å²) in [5, 5.41) is 11.0. The van der Waals surface area contributed by atoms with Gasteiger partial charge in [-0.1, -0.05) is 0 Å². The Morgan fingerprint density at radius 3 is 2.50 bits per heavy atom. The van der Waals surface area contributed by atoms with E-state index in [2.05, 4.69) is 30.7 Å². The second-order valence-corrected chi connectivity index (χ2v) is 6.09. The van der Waals surface area contributed by atoms with Crippen LogP contribution in [0.15, 0.2) is 18.2 Å². The molecule has 0 amide bonds. The fraction of sp³-hybridized carbons (Fsp3) is 0.625. The van der Waals surface area contributed by atoms with Gasteiger partial charge in [-0.2, -0.15) is 0 Å². The quantitative estimate of drug-likeness (QED) is 0.618. The lowest BCUT2D eigenvalue weighted by Gasteiger charge is -2.39. The van der Waals surface area contributed by atoms with Gasteiger partial charge < -0.3 is 14.5 Å². The van der Waals surface area contributed by atoms with Crippen molar-refractivity contribution in [2.45, 2.75) is 38.8 Å². The van der Waals surface area contributed by atoms with Crippen LogP contribution >= 0.6 is 0 Å². The minimum Gasteiger partial charge on any atom is -0.490 e. The molecular formula is C16H25N3O3. The Hall–Kier alpha value is -1.82. The number of benzene rings is 1. The molecule has 0 unspecified atom stereocenters. The first-order valence-corrected chi connectivity index (χ1v) is 7.73. The highest BCUT2D eigenvalue weighted by Gasteiger charge is 2.25. The van der Waals surface area contributed by atoms with E-state index in [1.807, 2.05) is 0 Å². The molecule has 22 heavy (non-hydrogen) atoms. The number of nitro benzene ring substituents is 1. The predicted octanol–water partition coefficient (Wildman–Crippen LogP) is 2.91. The summed E-state index contributed by atoms with van der Waals surface area (Å²) in [6.45, 7) is 6.64. The van der Waals surface area contributed by atoms with Crippen LogP contribution in [-0.2, 0) is 0 Å². The summed E-state index contributed by atoms with van der Waals surface area (Å²) < 4.78 is 5.16. The number of rotatable bonds is 5. The molecule has 0 spiro atoms. The molecule has 0 radical (unpaired) electrons. The largest absolute Gasteiger partial charge is 0.490 e. The topological polar surface area (TPSA) is 58.8 Å². The van der Waals surface area contributed by atoms with Crippen LogP contribution in [-0.4, -0.2) is 49.2 Å². The molecule has 1 saturated heterocycles. The monoisotopic (exact) mass is 307 g/mol. The molecule has 1 heterocycles. The molecule has 122 valence electrons. The van der Waals surface area contributed by atoms with Gasteiger partial charge in [0, 0.05) is 50.0 Å². The van der Waals surface area contributed by atoms with Crippen molar-refractivity contribution >= 4 is 11.4 Å². The number of methoxy groups -OCH3 is 1. The summed E-state index contributed by atoms with van der Waals surface area (Å²) in [5.41, 5.74) is 0.972. The maximum atomic E-state index is 11.0. The zero-order valence-corrected chi connectivity index (χ0v) is 13.8. The second-order valence-electron chi connectivity index (χ2n) is 6.09. The Morgan fingerprint density at radius 2 is 2.00 bits per heavy atom. The summed E-state index contributed by atoms with van der Waals surface area (Å²) in [6.07, 6.45) is 2.21. The van der Waals surface area contributed by atoms with Gasteiger partial charge in [0.1, 0.15) is 0 Å². The van der Waals surface area contributed by atoms with Crippen LogP contribution in [0.2, 0.25) is 0 Å². The lowest BCUT2D eigenvalue weighted by Crippen LogP contribution is -2.45. The van der Waals surface area contributed by atoms with Crippen LogP contribution in [0.4, 0.5) is 11.4 Å². The summed E-state index contributed by atoms with van der Waals surface area (Å²) in [7, 11) is 3.52. The molecule has 0 bridgehead atoms. The maximum absolute atomic E-state index is 11.0. The van der Waals surface area contributed by atoms with E-state index >= 15 is 0 Å². The van der Waals surface area contributed by atoms with E-state index in [0.717, 1.165) is 31.6 Å². The zero-order chi connectivity index (χ0) is 16.3. The van der Waals surface area contributed by atoms with Gasteiger partial charge in [0.2, 0.25) is 0 Å². The summed E-state index contributed by atoms with van der Waals surface area (Å²) >= 11 is 0. The third kappa shape index (κ3) is 3.50. The highest BCUT2D eigenvalue weighted by molar-refractivity contribution is 5.59. The van der Waals surface area contributed by atoms with Gasteiger partial charge in [-0.05, 0) is 32.8 Å². The molecule has 2 rings (SSSR count). The molecule has 1 aliphatic rings. The molecule has 0 aromatic heterocycles. The molecule has 6 nitrogen and oxygen atoms in total. The number of nitrogens with zero attached hydrogens (tertiary/aromatic N) is 3. The third-order valence-electron chi connectivity index (χ3n) is 4.54. The van der Waals surface area contributed by atoms with Crippen LogP contribution in [0.5, 0.6) is 5.75 Å². The third-order valence-corrected chi connectivity index (χ3v) is 4.54. The van der Waals surface area contributed by atoms with E-state index < -0.39 is 4.92 Å². The predicted molar refractivity (Wildman–Crippen MR) is 87.8 cm³/mol. The number of piperidine rings is 1. The van der Waals surface area contributed by atoms with Gasteiger partial charge in [-0.3, -0.25) is 10.1 Å². The lowest BCUT2D eigenvalue weighted by atomic mass is 10.0. The highest BCUT2D eigenvalue weighted by Crippen LogP contribution is 2.32. The Morgan fingerprint density at radius 1 is 1.36 bits per heavy atom. The van der Waals surface area contributed by atoms with E-state index in [0.29, 0.717) is 17.8 Å². The molecule has 1 aromatic rings. The normalized spacial score (nSPS) is 16.8. The van der Waals surface area contributed by atoms with Crippen molar-refractivity contribution in [3.63, 3.8) is 0 Å². The lowest BCUT2D eigenvalue weighted by molar-refractivity contribution is -0.385. The SMILES string of the molecule is COc1cc(N(C)C2CCN(C(C)C)CC2)ccc1[N+](=O)[O-]. The number of ether oxygens (including phenoxy) is 1. The zero-order valence-electron chi connectivity index (χ0n) is 13.8. The number of hydrogen-bond acceptors (Lipinski definition) is 5. The molecule has 0 saturated carbocycles. The van der Waals surface area contributed by atoms with Crippen LogP contribution in [0.3, 0.4) is 0 Å². The second kappa shape index (κ2) is 6.96. The first-order valence-electron chi connectivity index (χ1n) is 7.73. The summed E-state index contributed by atoms with van der Waals surface area (Å²) in [5.74, 6) is 0.314. The number of hydrogen-bond donors (Lipinski definition) is 0. The van der Waals surface area contributed by atoms with Crippen molar-refractivity contribution in [3.05, 3.63) is 28.3 Å². The van der Waals surface area contributed by atoms with Gasteiger partial charge in [0.15, 0.2) is 5.75 Å². The molecule has 1 aromatic carbocycles. The van der Waals surface area contributed by atoms with Gasteiger partial charge in [0.25, 0.3) is 0 Å². The van der Waals surface area contributed by atoms with Gasteiger partial charge in [-0.15, -0.1) is 0 Å². The molecule has 1 fully saturated rings. The standard InChI is InChI=1S/C16H25N3O3/c1-12(2)18-9-7-13(8-10-18)17(3)14-5-6-15(19(20)21)16(11-14)22-4/h5-6,11-13H,7-10H2,1-4H3. The van der Waals surface area contributed by atoms with Crippen molar-refractivity contribution in [2.75, 3.05) is 32.1 Å². The van der Waals surface area contributed by atoms with Crippen molar-refractivity contribution in [1.29, 1.82) is 0 Å². The van der Waals surface area contributed by atoms with Crippen LogP contribution in [0, 0.1) is 10.1 Å². The molecule has 0 aliphatic carbocycles. The van der Waals surface area contributed by atoms with Gasteiger partial charge in [-0.25, -0.2) is 0 Å². The first kappa shape index (κ1) is 16.5. The Kier molecular flexibility index (Phi) is 5.24. The minimum atomic E-state index is -0.413. The average molecular weight is 307 g/mol. The van der Waals surface area contributed by atoms with Crippen LogP contribution in [0.25, 0.3) is 0 Å². The van der Waals surface area contributed by atoms with Crippen LogP contribution < -0.4 is 9.64 Å². The number of anilines is 1. The Labute approximate surface area is 131 Å². The van der Waals surface area contributed by atoms with E-state index in [4.69, 9.17) is 4.74 Å². The van der Waals surface area contributed by atoms with E-state index in [1.165, 1.54) is 13.2 Å². The Bertz CT molecular complexity index is 525. The van der Waals surface area contributed by atoms with Gasteiger partial charge in [0.05, 0.1) is 12.0 Å². The molecule has 0 atom stereocenters. The Balaban J connectivity index is 2.10. The fourth-order valence-corrected chi connectivity index (χ4v) is 3.04. The van der Waals surface area contributed by atoms with E-state index in [-0.39, 0.29) is 5.69 Å². The van der Waals surface area contributed by atoms with E-state index in [1.54, 1.807) is 12.1 Å². The summed E-state index contributed by atoms with van der Waals surface area (Å²) in [6, 6.07) is 6.13. The highest BCUT2D eigenvalue weighted by atomic mass is 16.6. The first-order chi connectivity index (χ1) is 10.4. The smallest absolute Gasteiger partial charge is 0.311 e.